The standard InChI is InChI=1S/C20H21Cl2N3/c21-16-9-10-17(18(22)12-16)20-19(13-23)25(14-24-20)11-5-4-8-15-6-2-1-3-7-15/h1-3,6-7,9-10,12,14H,4-5,8,11,13,23H2. The molecule has 25 heavy (non-hydrogen) atoms. The first kappa shape index (κ1) is 18.0. The van der Waals surface area contributed by atoms with Gasteiger partial charge in [0.15, 0.2) is 0 Å². The van der Waals surface area contributed by atoms with E-state index in [9.17, 15) is 0 Å². The molecule has 0 unspecified atom stereocenters. The highest BCUT2D eigenvalue weighted by Crippen LogP contribution is 2.31. The lowest BCUT2D eigenvalue weighted by molar-refractivity contribution is 0.590. The van der Waals surface area contributed by atoms with Crippen molar-refractivity contribution in [2.75, 3.05) is 0 Å². The Balaban J connectivity index is 1.67. The second kappa shape index (κ2) is 8.52. The number of unbranched alkanes of at least 4 members (excludes halogenated alkanes) is 1. The maximum Gasteiger partial charge on any atom is 0.0956 e. The molecule has 0 aliphatic rings. The first-order chi connectivity index (χ1) is 12.2. The molecule has 3 nitrogen and oxygen atoms in total. The molecule has 0 saturated carbocycles. The van der Waals surface area contributed by atoms with Gasteiger partial charge in [0.25, 0.3) is 0 Å². The highest BCUT2D eigenvalue weighted by Gasteiger charge is 2.14. The van der Waals surface area contributed by atoms with E-state index in [4.69, 9.17) is 28.9 Å². The van der Waals surface area contributed by atoms with Crippen molar-refractivity contribution in [3.63, 3.8) is 0 Å². The number of aryl methyl sites for hydroxylation is 2. The molecular weight excluding hydrogens is 353 g/mol. The second-order valence-corrected chi connectivity index (χ2v) is 6.85. The molecule has 0 aliphatic heterocycles. The zero-order valence-electron chi connectivity index (χ0n) is 14.0. The Morgan fingerprint density at radius 2 is 1.80 bits per heavy atom. The number of hydrogen-bond acceptors (Lipinski definition) is 2. The normalized spacial score (nSPS) is 11.0. The molecule has 1 heterocycles. The van der Waals surface area contributed by atoms with Gasteiger partial charge in [-0.15, -0.1) is 0 Å². The van der Waals surface area contributed by atoms with Crippen LogP contribution in [0.2, 0.25) is 10.0 Å². The Bertz CT molecular complexity index is 828. The van der Waals surface area contributed by atoms with Crippen molar-refractivity contribution >= 4 is 23.2 Å². The van der Waals surface area contributed by atoms with E-state index in [2.05, 4.69) is 33.8 Å². The molecule has 3 aromatic rings. The summed E-state index contributed by atoms with van der Waals surface area (Å²) < 4.78 is 2.13. The van der Waals surface area contributed by atoms with Crippen molar-refractivity contribution in [1.29, 1.82) is 0 Å². The van der Waals surface area contributed by atoms with Gasteiger partial charge in [0.1, 0.15) is 0 Å². The molecule has 1 aromatic heterocycles. The van der Waals surface area contributed by atoms with Gasteiger partial charge >= 0.3 is 0 Å². The maximum absolute atomic E-state index is 6.32. The monoisotopic (exact) mass is 373 g/mol. The first-order valence-electron chi connectivity index (χ1n) is 8.42. The summed E-state index contributed by atoms with van der Waals surface area (Å²) in [6, 6.07) is 16.0. The molecule has 2 aromatic carbocycles. The summed E-state index contributed by atoms with van der Waals surface area (Å²) in [5.41, 5.74) is 10.1. The number of benzene rings is 2. The highest BCUT2D eigenvalue weighted by molar-refractivity contribution is 6.36. The van der Waals surface area contributed by atoms with Crippen molar-refractivity contribution in [2.45, 2.75) is 32.4 Å². The van der Waals surface area contributed by atoms with Gasteiger partial charge in [0.05, 0.1) is 22.7 Å². The number of hydrogen-bond donors (Lipinski definition) is 1. The van der Waals surface area contributed by atoms with Gasteiger partial charge < -0.3 is 10.3 Å². The predicted molar refractivity (Wildman–Crippen MR) is 105 cm³/mol. The van der Waals surface area contributed by atoms with Gasteiger partial charge in [0, 0.05) is 23.7 Å². The molecule has 130 valence electrons. The minimum atomic E-state index is 0.424. The number of rotatable bonds is 7. The van der Waals surface area contributed by atoms with E-state index in [0.717, 1.165) is 42.8 Å². The quantitative estimate of drug-likeness (QED) is 0.568. The zero-order chi connectivity index (χ0) is 17.6. The predicted octanol–water partition coefficient (Wildman–Crippen LogP) is 5.34. The Hall–Kier alpha value is -1.81. The van der Waals surface area contributed by atoms with E-state index in [1.165, 1.54) is 5.56 Å². The molecule has 0 saturated heterocycles. The molecule has 3 rings (SSSR count). The van der Waals surface area contributed by atoms with Crippen LogP contribution < -0.4 is 5.73 Å². The summed E-state index contributed by atoms with van der Waals surface area (Å²) in [4.78, 5) is 4.54. The molecule has 2 N–H and O–H groups in total. The fourth-order valence-corrected chi connectivity index (χ4v) is 3.47. The second-order valence-electron chi connectivity index (χ2n) is 6.00. The topological polar surface area (TPSA) is 43.8 Å². The molecule has 0 amide bonds. The first-order valence-corrected chi connectivity index (χ1v) is 9.18. The molecule has 0 spiro atoms. The molecule has 0 atom stereocenters. The number of aromatic nitrogens is 2. The van der Waals surface area contributed by atoms with E-state index < -0.39 is 0 Å². The van der Waals surface area contributed by atoms with Crippen LogP contribution in [0.3, 0.4) is 0 Å². The van der Waals surface area contributed by atoms with Crippen molar-refractivity contribution in [3.05, 3.63) is 76.2 Å². The number of nitrogens with zero attached hydrogens (tertiary/aromatic N) is 2. The third kappa shape index (κ3) is 4.43. The number of nitrogens with two attached hydrogens (primary N) is 1. The maximum atomic E-state index is 6.32. The minimum Gasteiger partial charge on any atom is -0.333 e. The van der Waals surface area contributed by atoms with Gasteiger partial charge in [-0.2, -0.15) is 0 Å². The fraction of sp³-hybridized carbons (Fsp3) is 0.250. The van der Waals surface area contributed by atoms with Gasteiger partial charge in [-0.1, -0.05) is 53.5 Å². The lowest BCUT2D eigenvalue weighted by atomic mass is 10.1. The van der Waals surface area contributed by atoms with Crippen molar-refractivity contribution in [1.82, 2.24) is 9.55 Å². The van der Waals surface area contributed by atoms with Crippen LogP contribution in [0, 0.1) is 0 Å². The Morgan fingerprint density at radius 1 is 1.00 bits per heavy atom. The van der Waals surface area contributed by atoms with Crippen LogP contribution in [0.5, 0.6) is 0 Å². The van der Waals surface area contributed by atoms with Gasteiger partial charge in [-0.05, 0) is 43.0 Å². The van der Waals surface area contributed by atoms with E-state index in [0.29, 0.717) is 16.6 Å². The Labute approximate surface area is 158 Å². The third-order valence-electron chi connectivity index (χ3n) is 4.28. The van der Waals surface area contributed by atoms with E-state index in [-0.39, 0.29) is 0 Å². The van der Waals surface area contributed by atoms with Crippen LogP contribution >= 0.6 is 23.2 Å². The molecule has 0 bridgehead atoms. The summed E-state index contributed by atoms with van der Waals surface area (Å²) in [6.07, 6.45) is 5.14. The minimum absolute atomic E-state index is 0.424. The Kier molecular flexibility index (Phi) is 6.14. The lowest BCUT2D eigenvalue weighted by Crippen LogP contribution is -2.08. The molecular formula is C20H21Cl2N3. The van der Waals surface area contributed by atoms with Crippen LogP contribution in [-0.4, -0.2) is 9.55 Å². The van der Waals surface area contributed by atoms with E-state index >= 15 is 0 Å². The Morgan fingerprint density at radius 3 is 2.52 bits per heavy atom. The van der Waals surface area contributed by atoms with Crippen LogP contribution in [0.4, 0.5) is 0 Å². The van der Waals surface area contributed by atoms with Crippen LogP contribution in [-0.2, 0) is 19.5 Å². The van der Waals surface area contributed by atoms with Crippen LogP contribution in [0.15, 0.2) is 54.9 Å². The third-order valence-corrected chi connectivity index (χ3v) is 4.83. The van der Waals surface area contributed by atoms with Gasteiger partial charge in [0.2, 0.25) is 0 Å². The van der Waals surface area contributed by atoms with E-state index in [1.54, 1.807) is 6.07 Å². The molecule has 5 heteroatoms. The summed E-state index contributed by atoms with van der Waals surface area (Å²) in [5.74, 6) is 0. The van der Waals surface area contributed by atoms with Crippen molar-refractivity contribution < 1.29 is 0 Å². The smallest absolute Gasteiger partial charge is 0.0956 e. The molecule has 0 aliphatic carbocycles. The summed E-state index contributed by atoms with van der Waals surface area (Å²) >= 11 is 12.3. The van der Waals surface area contributed by atoms with Gasteiger partial charge in [-0.25, -0.2) is 4.98 Å². The lowest BCUT2D eigenvalue weighted by Gasteiger charge is -2.09. The van der Waals surface area contributed by atoms with Crippen LogP contribution in [0.1, 0.15) is 24.1 Å². The summed E-state index contributed by atoms with van der Waals surface area (Å²) in [6.45, 7) is 1.32. The van der Waals surface area contributed by atoms with Gasteiger partial charge in [-0.3, -0.25) is 0 Å². The zero-order valence-corrected chi connectivity index (χ0v) is 15.5. The van der Waals surface area contributed by atoms with Crippen molar-refractivity contribution in [3.8, 4) is 11.3 Å². The SMILES string of the molecule is NCc1c(-c2ccc(Cl)cc2Cl)ncn1CCCCc1ccccc1. The summed E-state index contributed by atoms with van der Waals surface area (Å²) in [5, 5.41) is 1.21. The molecule has 0 radical (unpaired) electrons. The highest BCUT2D eigenvalue weighted by atomic mass is 35.5. The average Bonchev–Trinajstić information content (AvgIpc) is 3.02. The summed E-state index contributed by atoms with van der Waals surface area (Å²) in [7, 11) is 0. The fourth-order valence-electron chi connectivity index (χ4n) is 2.98. The number of halogens is 2. The molecule has 0 fully saturated rings. The number of imidazole rings is 1. The largest absolute Gasteiger partial charge is 0.333 e. The van der Waals surface area contributed by atoms with E-state index in [1.807, 2.05) is 24.5 Å². The van der Waals surface area contributed by atoms with Crippen molar-refractivity contribution in [2.24, 2.45) is 5.73 Å². The van der Waals surface area contributed by atoms with Crippen LogP contribution in [0.25, 0.3) is 11.3 Å². The average molecular weight is 374 g/mol.